The first-order valence-electron chi connectivity index (χ1n) is 9.38. The first-order chi connectivity index (χ1) is 13.3. The molecule has 9 nitrogen and oxygen atoms in total. The molecular formula is C18H26N4O5S. The molecule has 0 spiro atoms. The van der Waals surface area contributed by atoms with Gasteiger partial charge in [-0.15, -0.1) is 0 Å². The predicted molar refractivity (Wildman–Crippen MR) is 104 cm³/mol. The smallest absolute Gasteiger partial charge is 0.324 e. The third kappa shape index (κ3) is 4.07. The number of hydrogen-bond acceptors (Lipinski definition) is 6. The van der Waals surface area contributed by atoms with Crippen LogP contribution < -0.4 is 15.4 Å². The van der Waals surface area contributed by atoms with Crippen LogP contribution in [0.2, 0.25) is 0 Å². The molecule has 0 aromatic heterocycles. The molecule has 1 aromatic rings. The van der Waals surface area contributed by atoms with Gasteiger partial charge in [-0.3, -0.25) is 9.69 Å². The number of carbonyl (C=O) groups excluding carboxylic acids is 2. The van der Waals surface area contributed by atoms with E-state index in [4.69, 9.17) is 4.74 Å². The molecule has 2 fully saturated rings. The summed E-state index contributed by atoms with van der Waals surface area (Å²) in [4.78, 5) is 25.4. The number of ether oxygens (including phenoxy) is 1. The molecule has 2 saturated heterocycles. The number of sulfonamides is 1. The summed E-state index contributed by atoms with van der Waals surface area (Å²) in [6.07, 6.45) is 2.69. The van der Waals surface area contributed by atoms with Crippen LogP contribution in [-0.4, -0.2) is 68.9 Å². The Hall–Kier alpha value is -2.33. The minimum atomic E-state index is -3.70. The third-order valence-electron chi connectivity index (χ3n) is 4.97. The number of anilines is 1. The number of nitrogens with one attached hydrogen (secondary N) is 2. The van der Waals surface area contributed by atoms with Gasteiger partial charge in [0.1, 0.15) is 16.7 Å². The summed E-state index contributed by atoms with van der Waals surface area (Å²) >= 11 is 0. The second-order valence-electron chi connectivity index (χ2n) is 6.92. The summed E-state index contributed by atoms with van der Waals surface area (Å²) in [5.74, 6) is -0.111. The molecule has 1 atom stereocenters. The van der Waals surface area contributed by atoms with Crippen LogP contribution in [0.15, 0.2) is 23.1 Å². The molecule has 0 unspecified atom stereocenters. The molecule has 2 aliphatic heterocycles. The van der Waals surface area contributed by atoms with Crippen LogP contribution in [0, 0.1) is 0 Å². The lowest BCUT2D eigenvalue weighted by Gasteiger charge is -2.27. The van der Waals surface area contributed by atoms with E-state index < -0.39 is 22.1 Å². The quantitative estimate of drug-likeness (QED) is 0.730. The van der Waals surface area contributed by atoms with Crippen molar-refractivity contribution in [2.24, 2.45) is 0 Å². The fraction of sp³-hybridized carbons (Fsp3) is 0.556. The molecule has 2 heterocycles. The second-order valence-corrected chi connectivity index (χ2v) is 8.82. The van der Waals surface area contributed by atoms with Crippen LogP contribution in [-0.2, 0) is 14.8 Å². The first-order valence-corrected chi connectivity index (χ1v) is 10.8. The van der Waals surface area contributed by atoms with E-state index in [0.29, 0.717) is 31.9 Å². The van der Waals surface area contributed by atoms with Crippen molar-refractivity contribution in [1.29, 1.82) is 0 Å². The van der Waals surface area contributed by atoms with Crippen LogP contribution in [0.4, 0.5) is 10.5 Å². The Morgan fingerprint density at radius 1 is 1.21 bits per heavy atom. The number of hydrogen-bond donors (Lipinski definition) is 2. The maximum absolute atomic E-state index is 13.1. The Kier molecular flexibility index (Phi) is 6.09. The van der Waals surface area contributed by atoms with E-state index in [1.165, 1.54) is 17.5 Å². The molecule has 28 heavy (non-hydrogen) atoms. The summed E-state index contributed by atoms with van der Waals surface area (Å²) in [5.41, 5.74) is 0.469. The van der Waals surface area contributed by atoms with Crippen molar-refractivity contribution in [3.05, 3.63) is 18.2 Å². The van der Waals surface area contributed by atoms with Gasteiger partial charge in [0, 0.05) is 31.9 Å². The van der Waals surface area contributed by atoms with Gasteiger partial charge < -0.3 is 15.4 Å². The number of carbonyl (C=O) groups is 2. The van der Waals surface area contributed by atoms with Gasteiger partial charge in [-0.25, -0.2) is 13.2 Å². The second kappa shape index (κ2) is 8.36. The molecule has 2 aliphatic rings. The molecule has 0 bridgehead atoms. The predicted octanol–water partition coefficient (Wildman–Crippen LogP) is 1.22. The van der Waals surface area contributed by atoms with Crippen molar-refractivity contribution in [2.75, 3.05) is 38.6 Å². The number of urea groups is 1. The van der Waals surface area contributed by atoms with Crippen molar-refractivity contribution in [3.63, 3.8) is 0 Å². The summed E-state index contributed by atoms with van der Waals surface area (Å²) in [5, 5.41) is 5.58. The van der Waals surface area contributed by atoms with E-state index in [0.717, 1.165) is 24.2 Å². The van der Waals surface area contributed by atoms with Gasteiger partial charge in [-0.2, -0.15) is 4.31 Å². The maximum Gasteiger partial charge on any atom is 0.324 e. The summed E-state index contributed by atoms with van der Waals surface area (Å²) in [6, 6.07) is 3.60. The molecule has 1 aromatic carbocycles. The first kappa shape index (κ1) is 20.4. The minimum Gasteiger partial charge on any atom is -0.495 e. The largest absolute Gasteiger partial charge is 0.495 e. The van der Waals surface area contributed by atoms with E-state index in [1.54, 1.807) is 19.1 Å². The average Bonchev–Trinajstić information content (AvgIpc) is 3.13. The Morgan fingerprint density at radius 2 is 1.93 bits per heavy atom. The number of benzene rings is 1. The molecule has 0 radical (unpaired) electrons. The average molecular weight is 410 g/mol. The van der Waals surface area contributed by atoms with Crippen LogP contribution in [0.1, 0.15) is 26.2 Å². The third-order valence-corrected chi connectivity index (χ3v) is 6.89. The maximum atomic E-state index is 13.1. The topological polar surface area (TPSA) is 108 Å². The zero-order valence-corrected chi connectivity index (χ0v) is 16.9. The van der Waals surface area contributed by atoms with Gasteiger partial charge in [0.2, 0.25) is 10.0 Å². The highest BCUT2D eigenvalue weighted by atomic mass is 32.2. The van der Waals surface area contributed by atoms with Crippen LogP contribution in [0.5, 0.6) is 5.75 Å². The number of amides is 3. The van der Waals surface area contributed by atoms with E-state index in [-0.39, 0.29) is 16.6 Å². The number of methoxy groups -OCH3 is 1. The Labute approximate surface area is 165 Å². The zero-order chi connectivity index (χ0) is 20.3. The van der Waals surface area contributed by atoms with Crippen LogP contribution in [0.25, 0.3) is 0 Å². The highest BCUT2D eigenvalue weighted by Crippen LogP contribution is 2.31. The number of nitrogens with zero attached hydrogens (tertiary/aromatic N) is 2. The van der Waals surface area contributed by atoms with Gasteiger partial charge in [0.25, 0.3) is 5.91 Å². The van der Waals surface area contributed by atoms with E-state index in [1.807, 2.05) is 0 Å². The van der Waals surface area contributed by atoms with Crippen molar-refractivity contribution >= 4 is 27.6 Å². The van der Waals surface area contributed by atoms with Crippen molar-refractivity contribution in [2.45, 2.75) is 37.1 Å². The summed E-state index contributed by atoms with van der Waals surface area (Å²) in [6.45, 7) is 3.36. The standard InChI is InChI=1S/C18H26N4O5S/c1-13(17(23)22-11-8-19-18(22)24)20-14-6-7-15(27-2)16(12-14)28(25,26)21-9-4-3-5-10-21/h6-7,12-13,20H,3-5,8-11H2,1-2H3,(H,19,24)/t13-/m0/s1. The lowest BCUT2D eigenvalue weighted by Crippen LogP contribution is -2.43. The van der Waals surface area contributed by atoms with E-state index in [2.05, 4.69) is 10.6 Å². The lowest BCUT2D eigenvalue weighted by molar-refractivity contribution is -0.128. The van der Waals surface area contributed by atoms with Gasteiger partial charge in [0.15, 0.2) is 0 Å². The Morgan fingerprint density at radius 3 is 2.54 bits per heavy atom. The Balaban J connectivity index is 1.82. The van der Waals surface area contributed by atoms with Crippen molar-refractivity contribution in [3.8, 4) is 5.75 Å². The SMILES string of the molecule is COc1ccc(N[C@@H](C)C(=O)N2CCNC2=O)cc1S(=O)(=O)N1CCCCC1. The van der Waals surface area contributed by atoms with Crippen molar-refractivity contribution < 1.29 is 22.7 Å². The molecule has 3 rings (SSSR count). The van der Waals surface area contributed by atoms with E-state index >= 15 is 0 Å². The van der Waals surface area contributed by atoms with Crippen LogP contribution >= 0.6 is 0 Å². The zero-order valence-electron chi connectivity index (χ0n) is 16.1. The lowest BCUT2D eigenvalue weighted by atomic mass is 10.2. The Bertz CT molecular complexity index is 852. The number of piperidine rings is 1. The highest BCUT2D eigenvalue weighted by Gasteiger charge is 2.31. The molecule has 154 valence electrons. The van der Waals surface area contributed by atoms with Gasteiger partial charge >= 0.3 is 6.03 Å². The van der Waals surface area contributed by atoms with Crippen molar-refractivity contribution in [1.82, 2.24) is 14.5 Å². The molecule has 3 amide bonds. The molecular weight excluding hydrogens is 384 g/mol. The normalized spacial score (nSPS) is 19.2. The molecule has 0 saturated carbocycles. The molecule has 0 aliphatic carbocycles. The molecule has 10 heteroatoms. The van der Waals surface area contributed by atoms with E-state index in [9.17, 15) is 18.0 Å². The summed E-state index contributed by atoms with van der Waals surface area (Å²) in [7, 11) is -2.27. The van der Waals surface area contributed by atoms with Gasteiger partial charge in [0.05, 0.1) is 7.11 Å². The minimum absolute atomic E-state index is 0.0699. The number of rotatable bonds is 6. The fourth-order valence-corrected chi connectivity index (χ4v) is 5.14. The highest BCUT2D eigenvalue weighted by molar-refractivity contribution is 7.89. The van der Waals surface area contributed by atoms with Crippen LogP contribution in [0.3, 0.4) is 0 Å². The van der Waals surface area contributed by atoms with Gasteiger partial charge in [-0.1, -0.05) is 6.42 Å². The summed E-state index contributed by atoms with van der Waals surface area (Å²) < 4.78 is 32.9. The monoisotopic (exact) mass is 410 g/mol. The van der Waals surface area contributed by atoms with Gasteiger partial charge in [-0.05, 0) is 38.0 Å². The molecule has 2 N–H and O–H groups in total. The fourth-order valence-electron chi connectivity index (χ4n) is 3.44. The number of imide groups is 1.